The molecular formula is C14H15FN4. The maximum absolute atomic E-state index is 13.4. The van der Waals surface area contributed by atoms with Crippen molar-refractivity contribution in [3.05, 3.63) is 47.0 Å². The van der Waals surface area contributed by atoms with Gasteiger partial charge in [0.2, 0.25) is 0 Å². The Hall–Kier alpha value is -2.35. The maximum Gasteiger partial charge on any atom is 0.143 e. The van der Waals surface area contributed by atoms with E-state index in [0.717, 1.165) is 17.8 Å². The van der Waals surface area contributed by atoms with Gasteiger partial charge in [-0.15, -0.1) is 0 Å². The number of nitrogens with zero attached hydrogens (tertiary/aromatic N) is 3. The average molecular weight is 258 g/mol. The summed E-state index contributed by atoms with van der Waals surface area (Å²) in [6, 6.07) is 8.43. The van der Waals surface area contributed by atoms with Crippen molar-refractivity contribution in [3.8, 4) is 6.07 Å². The zero-order valence-corrected chi connectivity index (χ0v) is 10.9. The Labute approximate surface area is 111 Å². The number of nitrogens with one attached hydrogen (secondary N) is 1. The van der Waals surface area contributed by atoms with Gasteiger partial charge in [0, 0.05) is 7.05 Å². The van der Waals surface area contributed by atoms with Gasteiger partial charge in [0.05, 0.1) is 23.6 Å². The Balaban J connectivity index is 2.17. The molecule has 0 unspecified atom stereocenters. The predicted molar refractivity (Wildman–Crippen MR) is 71.0 cm³/mol. The summed E-state index contributed by atoms with van der Waals surface area (Å²) in [4.78, 5) is 0. The standard InChI is InChI=1S/C14H15FN4/c1-3-10-7-11(19(2)18-10)9-17-14-6-4-5-13(15)12(14)8-16/h4-7,17H,3,9H2,1-2H3. The van der Waals surface area contributed by atoms with Crippen molar-refractivity contribution >= 4 is 5.69 Å². The van der Waals surface area contributed by atoms with Gasteiger partial charge in [0.15, 0.2) is 0 Å². The third-order valence-corrected chi connectivity index (χ3v) is 2.97. The van der Waals surface area contributed by atoms with Crippen molar-refractivity contribution in [3.63, 3.8) is 0 Å². The molecule has 5 heteroatoms. The lowest BCUT2D eigenvalue weighted by Gasteiger charge is -2.08. The molecule has 0 radical (unpaired) electrons. The van der Waals surface area contributed by atoms with Crippen LogP contribution in [0.5, 0.6) is 0 Å². The Bertz CT molecular complexity index is 625. The molecule has 1 heterocycles. The van der Waals surface area contributed by atoms with Crippen LogP contribution in [-0.4, -0.2) is 9.78 Å². The molecule has 0 saturated carbocycles. The zero-order chi connectivity index (χ0) is 13.8. The molecule has 1 aromatic heterocycles. The molecule has 0 spiro atoms. The van der Waals surface area contributed by atoms with E-state index in [2.05, 4.69) is 10.4 Å². The highest BCUT2D eigenvalue weighted by atomic mass is 19.1. The minimum atomic E-state index is -0.508. The average Bonchev–Trinajstić information content (AvgIpc) is 2.77. The second-order valence-corrected chi connectivity index (χ2v) is 4.23. The molecule has 0 atom stereocenters. The van der Waals surface area contributed by atoms with E-state index < -0.39 is 5.82 Å². The lowest BCUT2D eigenvalue weighted by Crippen LogP contribution is -2.07. The minimum absolute atomic E-state index is 0.0420. The molecule has 1 aromatic carbocycles. The summed E-state index contributed by atoms with van der Waals surface area (Å²) in [5.74, 6) is -0.508. The molecule has 0 bridgehead atoms. The number of nitriles is 1. The first kappa shape index (κ1) is 13.1. The van der Waals surface area contributed by atoms with Gasteiger partial charge in [0.25, 0.3) is 0 Å². The molecule has 1 N–H and O–H groups in total. The van der Waals surface area contributed by atoms with E-state index in [1.807, 2.05) is 26.1 Å². The van der Waals surface area contributed by atoms with E-state index in [0.29, 0.717) is 12.2 Å². The first-order chi connectivity index (χ1) is 9.15. The summed E-state index contributed by atoms with van der Waals surface area (Å²) in [6.45, 7) is 2.54. The number of hydrogen-bond acceptors (Lipinski definition) is 3. The highest BCUT2D eigenvalue weighted by Crippen LogP contribution is 2.18. The molecular weight excluding hydrogens is 243 g/mol. The van der Waals surface area contributed by atoms with Crippen LogP contribution in [0.1, 0.15) is 23.9 Å². The van der Waals surface area contributed by atoms with E-state index in [1.165, 1.54) is 6.07 Å². The summed E-state index contributed by atoms with van der Waals surface area (Å²) in [5, 5.41) is 16.4. The first-order valence-corrected chi connectivity index (χ1v) is 6.10. The lowest BCUT2D eigenvalue weighted by atomic mass is 10.2. The number of benzene rings is 1. The summed E-state index contributed by atoms with van der Waals surface area (Å²) >= 11 is 0. The van der Waals surface area contributed by atoms with Crippen LogP contribution < -0.4 is 5.32 Å². The van der Waals surface area contributed by atoms with Gasteiger partial charge in [-0.25, -0.2) is 4.39 Å². The molecule has 0 amide bonds. The van der Waals surface area contributed by atoms with Gasteiger partial charge in [-0.3, -0.25) is 4.68 Å². The number of aryl methyl sites for hydroxylation is 2. The molecule has 0 saturated heterocycles. The number of halogens is 1. The van der Waals surface area contributed by atoms with Crippen LogP contribution in [0.15, 0.2) is 24.3 Å². The molecule has 0 fully saturated rings. The largest absolute Gasteiger partial charge is 0.378 e. The second kappa shape index (κ2) is 5.53. The molecule has 0 aliphatic heterocycles. The van der Waals surface area contributed by atoms with Crippen LogP contribution in [0.3, 0.4) is 0 Å². The Kier molecular flexibility index (Phi) is 3.81. The van der Waals surface area contributed by atoms with E-state index in [4.69, 9.17) is 5.26 Å². The molecule has 98 valence electrons. The Morgan fingerprint density at radius 3 is 2.89 bits per heavy atom. The molecule has 4 nitrogen and oxygen atoms in total. The van der Waals surface area contributed by atoms with Gasteiger partial charge >= 0.3 is 0 Å². The Morgan fingerprint density at radius 1 is 1.47 bits per heavy atom. The second-order valence-electron chi connectivity index (χ2n) is 4.23. The molecule has 2 aromatic rings. The monoisotopic (exact) mass is 258 g/mol. The normalized spacial score (nSPS) is 10.2. The molecule has 0 aliphatic rings. The third-order valence-electron chi connectivity index (χ3n) is 2.97. The first-order valence-electron chi connectivity index (χ1n) is 6.10. The Morgan fingerprint density at radius 2 is 2.26 bits per heavy atom. The summed E-state index contributed by atoms with van der Waals surface area (Å²) in [7, 11) is 1.87. The minimum Gasteiger partial charge on any atom is -0.378 e. The van der Waals surface area contributed by atoms with Gasteiger partial charge < -0.3 is 5.32 Å². The molecule has 0 aliphatic carbocycles. The summed E-state index contributed by atoms with van der Waals surface area (Å²) < 4.78 is 15.2. The maximum atomic E-state index is 13.4. The quantitative estimate of drug-likeness (QED) is 0.917. The van der Waals surface area contributed by atoms with Crippen LogP contribution in [0, 0.1) is 17.1 Å². The van der Waals surface area contributed by atoms with Crippen molar-refractivity contribution in [2.45, 2.75) is 19.9 Å². The van der Waals surface area contributed by atoms with E-state index in [9.17, 15) is 4.39 Å². The third kappa shape index (κ3) is 2.74. The van der Waals surface area contributed by atoms with E-state index in [-0.39, 0.29) is 5.56 Å². The number of hydrogen-bond donors (Lipinski definition) is 1. The van der Waals surface area contributed by atoms with Crippen LogP contribution in [0.25, 0.3) is 0 Å². The van der Waals surface area contributed by atoms with Gasteiger partial charge in [-0.05, 0) is 24.6 Å². The SMILES string of the molecule is CCc1cc(CNc2cccc(F)c2C#N)n(C)n1. The van der Waals surface area contributed by atoms with Crippen molar-refractivity contribution in [2.24, 2.45) is 7.05 Å². The number of rotatable bonds is 4. The fourth-order valence-electron chi connectivity index (χ4n) is 1.88. The number of anilines is 1. The lowest BCUT2D eigenvalue weighted by molar-refractivity contribution is 0.624. The van der Waals surface area contributed by atoms with Gasteiger partial charge in [-0.2, -0.15) is 10.4 Å². The van der Waals surface area contributed by atoms with Crippen molar-refractivity contribution in [2.75, 3.05) is 5.32 Å². The fourth-order valence-corrected chi connectivity index (χ4v) is 1.88. The van der Waals surface area contributed by atoms with E-state index in [1.54, 1.807) is 16.8 Å². The predicted octanol–water partition coefficient (Wildman–Crippen LogP) is 2.61. The van der Waals surface area contributed by atoms with Crippen LogP contribution >= 0.6 is 0 Å². The van der Waals surface area contributed by atoms with Crippen molar-refractivity contribution in [1.29, 1.82) is 5.26 Å². The summed E-state index contributed by atoms with van der Waals surface area (Å²) in [5.41, 5.74) is 2.55. The van der Waals surface area contributed by atoms with Crippen LogP contribution in [-0.2, 0) is 20.0 Å². The van der Waals surface area contributed by atoms with Crippen molar-refractivity contribution < 1.29 is 4.39 Å². The topological polar surface area (TPSA) is 53.6 Å². The highest BCUT2D eigenvalue weighted by Gasteiger charge is 2.09. The van der Waals surface area contributed by atoms with Gasteiger partial charge in [0.1, 0.15) is 17.4 Å². The van der Waals surface area contributed by atoms with E-state index >= 15 is 0 Å². The molecule has 2 rings (SSSR count). The zero-order valence-electron chi connectivity index (χ0n) is 10.9. The fraction of sp³-hybridized carbons (Fsp3) is 0.286. The summed E-state index contributed by atoms with van der Waals surface area (Å²) in [6.07, 6.45) is 0.872. The highest BCUT2D eigenvalue weighted by molar-refractivity contribution is 5.57. The van der Waals surface area contributed by atoms with Crippen molar-refractivity contribution in [1.82, 2.24) is 9.78 Å². The van der Waals surface area contributed by atoms with Gasteiger partial charge in [-0.1, -0.05) is 13.0 Å². The smallest absolute Gasteiger partial charge is 0.143 e. The van der Waals surface area contributed by atoms with Crippen LogP contribution in [0.2, 0.25) is 0 Å². The molecule has 19 heavy (non-hydrogen) atoms. The number of aromatic nitrogens is 2. The van der Waals surface area contributed by atoms with Crippen LogP contribution in [0.4, 0.5) is 10.1 Å².